The molecule has 0 aliphatic carbocycles. The summed E-state index contributed by atoms with van der Waals surface area (Å²) in [4.78, 5) is 3.89. The van der Waals surface area contributed by atoms with E-state index in [1.165, 1.54) is 17.1 Å². The Labute approximate surface area is 121 Å². The molecule has 1 heterocycles. The molecule has 0 unspecified atom stereocenters. The van der Waals surface area contributed by atoms with E-state index in [0.29, 0.717) is 16.7 Å². The van der Waals surface area contributed by atoms with Crippen LogP contribution in [0.25, 0.3) is 0 Å². The van der Waals surface area contributed by atoms with Gasteiger partial charge in [0.25, 0.3) is 0 Å². The van der Waals surface area contributed by atoms with E-state index in [4.69, 9.17) is 4.74 Å². The minimum absolute atomic E-state index is 0.0762. The van der Waals surface area contributed by atoms with E-state index in [9.17, 15) is 13.2 Å². The van der Waals surface area contributed by atoms with Gasteiger partial charge in [0.15, 0.2) is 5.82 Å². The van der Waals surface area contributed by atoms with Crippen molar-refractivity contribution in [2.45, 2.75) is 18.1 Å². The molecule has 0 saturated carbocycles. The Morgan fingerprint density at radius 2 is 2.10 bits per heavy atom. The summed E-state index contributed by atoms with van der Waals surface area (Å²) >= 11 is 3.13. The van der Waals surface area contributed by atoms with Crippen LogP contribution >= 0.6 is 15.9 Å². The molecule has 2 rings (SSSR count). The van der Waals surface area contributed by atoms with E-state index < -0.39 is 11.7 Å². The van der Waals surface area contributed by atoms with Crippen LogP contribution < -0.4 is 4.74 Å². The number of hydrogen-bond acceptors (Lipinski definition) is 3. The number of halogens is 4. The number of nitrogens with zero attached hydrogens (tertiary/aromatic N) is 3. The summed E-state index contributed by atoms with van der Waals surface area (Å²) in [5, 5.41) is 4.17. The van der Waals surface area contributed by atoms with Crippen LogP contribution in [0.4, 0.5) is 13.2 Å². The summed E-state index contributed by atoms with van der Waals surface area (Å²) in [7, 11) is 1.64. The Morgan fingerprint density at radius 3 is 2.65 bits per heavy atom. The van der Waals surface area contributed by atoms with Gasteiger partial charge in [0.05, 0.1) is 5.56 Å². The molecule has 0 radical (unpaired) electrons. The third-order valence-corrected chi connectivity index (χ3v) is 3.31. The first kappa shape index (κ1) is 14.8. The molecule has 0 amide bonds. The molecule has 0 aliphatic heterocycles. The van der Waals surface area contributed by atoms with Gasteiger partial charge >= 0.3 is 6.18 Å². The molecule has 2 aromatic rings. The molecule has 20 heavy (non-hydrogen) atoms. The van der Waals surface area contributed by atoms with Crippen LogP contribution in [0, 0.1) is 0 Å². The van der Waals surface area contributed by atoms with Crippen molar-refractivity contribution in [1.29, 1.82) is 0 Å². The molecule has 108 valence electrons. The molecule has 1 aromatic carbocycles. The topological polar surface area (TPSA) is 39.9 Å². The molecule has 0 fully saturated rings. The zero-order chi connectivity index (χ0) is 14.8. The van der Waals surface area contributed by atoms with E-state index in [1.807, 2.05) is 0 Å². The number of alkyl halides is 4. The lowest BCUT2D eigenvalue weighted by molar-refractivity contribution is -0.139. The second kappa shape index (κ2) is 5.82. The first-order valence-electron chi connectivity index (χ1n) is 5.63. The average molecular weight is 350 g/mol. The number of ether oxygens (including phenoxy) is 1. The highest BCUT2D eigenvalue weighted by atomic mass is 79.9. The van der Waals surface area contributed by atoms with Gasteiger partial charge in [-0.3, -0.25) is 4.68 Å². The number of aryl methyl sites for hydroxylation is 1. The molecule has 1 aromatic heterocycles. The molecule has 8 heteroatoms. The molecule has 4 nitrogen and oxygen atoms in total. The number of aromatic nitrogens is 3. The molecule has 0 atom stereocenters. The lowest BCUT2D eigenvalue weighted by Gasteiger charge is -2.14. The van der Waals surface area contributed by atoms with Crippen molar-refractivity contribution in [1.82, 2.24) is 14.8 Å². The maximum Gasteiger partial charge on any atom is 0.419 e. The Balaban J connectivity index is 2.25. The van der Waals surface area contributed by atoms with Gasteiger partial charge < -0.3 is 4.74 Å². The standard InChI is InChI=1S/C12H11BrF3N3O/c1-19-11(17-7-18-19)6-20-10-3-2-8(5-13)4-9(10)12(14,15)16/h2-4,7H,5-6H2,1H3. The Bertz CT molecular complexity index is 598. The first-order chi connectivity index (χ1) is 9.41. The normalized spacial score (nSPS) is 11.7. The highest BCUT2D eigenvalue weighted by molar-refractivity contribution is 9.08. The van der Waals surface area contributed by atoms with E-state index >= 15 is 0 Å². The molecule has 0 bridgehead atoms. The summed E-state index contributed by atoms with van der Waals surface area (Å²) < 4.78 is 45.6. The van der Waals surface area contributed by atoms with E-state index in [-0.39, 0.29) is 12.4 Å². The van der Waals surface area contributed by atoms with Gasteiger partial charge in [-0.1, -0.05) is 22.0 Å². The lowest BCUT2D eigenvalue weighted by atomic mass is 10.1. The van der Waals surface area contributed by atoms with Crippen molar-refractivity contribution in [3.05, 3.63) is 41.5 Å². The minimum atomic E-state index is -4.46. The zero-order valence-electron chi connectivity index (χ0n) is 10.5. The average Bonchev–Trinajstić information content (AvgIpc) is 2.80. The number of hydrogen-bond donors (Lipinski definition) is 0. The summed E-state index contributed by atoms with van der Waals surface area (Å²) in [6, 6.07) is 3.96. The van der Waals surface area contributed by atoms with Crippen LogP contribution in [-0.2, 0) is 25.2 Å². The van der Waals surface area contributed by atoms with E-state index in [2.05, 4.69) is 26.0 Å². The molecule has 0 saturated heterocycles. The van der Waals surface area contributed by atoms with Crippen molar-refractivity contribution in [2.75, 3.05) is 0 Å². The Kier molecular flexibility index (Phi) is 4.32. The highest BCUT2D eigenvalue weighted by Gasteiger charge is 2.34. The van der Waals surface area contributed by atoms with Crippen LogP contribution in [0.1, 0.15) is 17.0 Å². The van der Waals surface area contributed by atoms with Gasteiger partial charge in [0.2, 0.25) is 0 Å². The minimum Gasteiger partial charge on any atom is -0.485 e. The number of benzene rings is 1. The number of rotatable bonds is 4. The Morgan fingerprint density at radius 1 is 1.35 bits per heavy atom. The summed E-state index contributed by atoms with van der Waals surface area (Å²) in [5.74, 6) is 0.230. The van der Waals surface area contributed by atoms with Gasteiger partial charge in [-0.25, -0.2) is 4.98 Å². The summed E-state index contributed by atoms with van der Waals surface area (Å²) in [6.07, 6.45) is -3.15. The van der Waals surface area contributed by atoms with Gasteiger partial charge in [0.1, 0.15) is 18.7 Å². The van der Waals surface area contributed by atoms with Gasteiger partial charge in [-0.2, -0.15) is 18.3 Å². The van der Waals surface area contributed by atoms with Crippen LogP contribution in [0.5, 0.6) is 5.75 Å². The molecular formula is C12H11BrF3N3O. The SMILES string of the molecule is Cn1ncnc1COc1ccc(CBr)cc1C(F)(F)F. The van der Waals surface area contributed by atoms with Crippen molar-refractivity contribution in [3.63, 3.8) is 0 Å². The smallest absolute Gasteiger partial charge is 0.419 e. The van der Waals surface area contributed by atoms with Crippen molar-refractivity contribution < 1.29 is 17.9 Å². The van der Waals surface area contributed by atoms with E-state index in [1.54, 1.807) is 13.1 Å². The fourth-order valence-corrected chi connectivity index (χ4v) is 1.95. The van der Waals surface area contributed by atoms with Gasteiger partial charge in [-0.05, 0) is 17.7 Å². The fourth-order valence-electron chi connectivity index (χ4n) is 1.60. The molecular weight excluding hydrogens is 339 g/mol. The van der Waals surface area contributed by atoms with Crippen LogP contribution in [-0.4, -0.2) is 14.8 Å². The Hall–Kier alpha value is -1.57. The van der Waals surface area contributed by atoms with Gasteiger partial charge in [0, 0.05) is 12.4 Å². The monoisotopic (exact) mass is 349 g/mol. The zero-order valence-corrected chi connectivity index (χ0v) is 12.1. The third kappa shape index (κ3) is 3.30. The fraction of sp³-hybridized carbons (Fsp3) is 0.333. The van der Waals surface area contributed by atoms with Crippen molar-refractivity contribution in [2.24, 2.45) is 7.05 Å². The largest absolute Gasteiger partial charge is 0.485 e. The van der Waals surface area contributed by atoms with Crippen LogP contribution in [0.15, 0.2) is 24.5 Å². The van der Waals surface area contributed by atoms with Crippen LogP contribution in [0.3, 0.4) is 0 Å². The molecule has 0 spiro atoms. The summed E-state index contributed by atoms with van der Waals surface area (Å²) in [6.45, 7) is -0.0762. The van der Waals surface area contributed by atoms with Gasteiger partial charge in [-0.15, -0.1) is 0 Å². The maximum atomic E-state index is 13.0. The highest BCUT2D eigenvalue weighted by Crippen LogP contribution is 2.37. The second-order valence-electron chi connectivity index (χ2n) is 4.05. The second-order valence-corrected chi connectivity index (χ2v) is 4.61. The van der Waals surface area contributed by atoms with Crippen molar-refractivity contribution >= 4 is 15.9 Å². The quantitative estimate of drug-likeness (QED) is 0.795. The predicted octanol–water partition coefficient (Wildman–Crippen LogP) is 3.31. The third-order valence-electron chi connectivity index (χ3n) is 2.67. The maximum absolute atomic E-state index is 13.0. The van der Waals surface area contributed by atoms with Crippen molar-refractivity contribution in [3.8, 4) is 5.75 Å². The summed E-state index contributed by atoms with van der Waals surface area (Å²) in [5.41, 5.74) is -0.264. The molecule has 0 aliphatic rings. The molecule has 0 N–H and O–H groups in total. The van der Waals surface area contributed by atoms with E-state index in [0.717, 1.165) is 6.07 Å². The first-order valence-corrected chi connectivity index (χ1v) is 6.75. The lowest BCUT2D eigenvalue weighted by Crippen LogP contribution is -2.11. The van der Waals surface area contributed by atoms with Crippen LogP contribution in [0.2, 0.25) is 0 Å². The predicted molar refractivity (Wildman–Crippen MR) is 69.4 cm³/mol.